The Morgan fingerprint density at radius 2 is 2.50 bits per heavy atom. The van der Waals surface area contributed by atoms with Crippen LogP contribution < -0.4 is 5.73 Å². The number of hydrogen-bond acceptors (Lipinski definition) is 4. The Labute approximate surface area is 76.6 Å². The summed E-state index contributed by atoms with van der Waals surface area (Å²) in [5, 5.41) is 1.01. The van der Waals surface area contributed by atoms with Crippen molar-refractivity contribution in [2.75, 3.05) is 6.61 Å². The van der Waals surface area contributed by atoms with E-state index in [4.69, 9.17) is 10.5 Å². The van der Waals surface area contributed by atoms with Gasteiger partial charge in [0.25, 0.3) is 0 Å². The van der Waals surface area contributed by atoms with Gasteiger partial charge in [-0.25, -0.2) is 4.98 Å². The van der Waals surface area contributed by atoms with Crippen LogP contribution in [0.4, 0.5) is 0 Å². The molecule has 68 valence electrons. The van der Waals surface area contributed by atoms with E-state index in [1.54, 1.807) is 11.3 Å². The zero-order chi connectivity index (χ0) is 8.97. The van der Waals surface area contributed by atoms with Crippen molar-refractivity contribution in [1.29, 1.82) is 0 Å². The molecule has 3 nitrogen and oxygen atoms in total. The van der Waals surface area contributed by atoms with Gasteiger partial charge in [-0.2, -0.15) is 0 Å². The maximum atomic E-state index is 5.47. The number of ether oxygens (including phenoxy) is 1. The van der Waals surface area contributed by atoms with E-state index in [2.05, 4.69) is 4.98 Å². The number of hydrogen-bond donors (Lipinski definition) is 1. The Balaban J connectivity index is 2.61. The summed E-state index contributed by atoms with van der Waals surface area (Å²) in [6, 6.07) is 0. The third-order valence-corrected chi connectivity index (χ3v) is 2.72. The van der Waals surface area contributed by atoms with Crippen molar-refractivity contribution in [2.45, 2.75) is 26.5 Å². The number of aromatic nitrogens is 1. The molecule has 0 aliphatic rings. The van der Waals surface area contributed by atoms with Crippen molar-refractivity contribution in [3.8, 4) is 0 Å². The largest absolute Gasteiger partial charge is 0.372 e. The fraction of sp³-hybridized carbons (Fsp3) is 0.625. The highest BCUT2D eigenvalue weighted by molar-refractivity contribution is 7.11. The van der Waals surface area contributed by atoms with Crippen molar-refractivity contribution in [3.05, 3.63) is 16.1 Å². The Morgan fingerprint density at radius 3 is 3.00 bits per heavy atom. The van der Waals surface area contributed by atoms with Gasteiger partial charge in [-0.1, -0.05) is 0 Å². The first-order valence-corrected chi connectivity index (χ1v) is 4.85. The van der Waals surface area contributed by atoms with Crippen LogP contribution in [-0.2, 0) is 11.3 Å². The van der Waals surface area contributed by atoms with Crippen molar-refractivity contribution < 1.29 is 4.74 Å². The molecule has 2 N–H and O–H groups in total. The van der Waals surface area contributed by atoms with Crippen molar-refractivity contribution in [3.63, 3.8) is 0 Å². The second kappa shape index (κ2) is 4.54. The molecule has 0 aromatic carbocycles. The number of nitrogens with zero attached hydrogens (tertiary/aromatic N) is 1. The molecule has 0 radical (unpaired) electrons. The van der Waals surface area contributed by atoms with Gasteiger partial charge in [0, 0.05) is 24.2 Å². The molecule has 0 amide bonds. The quantitative estimate of drug-likeness (QED) is 0.778. The highest BCUT2D eigenvalue weighted by atomic mass is 32.1. The predicted molar refractivity (Wildman–Crippen MR) is 50.0 cm³/mol. The summed E-state index contributed by atoms with van der Waals surface area (Å²) < 4.78 is 5.39. The lowest BCUT2D eigenvalue weighted by Crippen LogP contribution is -1.97. The van der Waals surface area contributed by atoms with Gasteiger partial charge in [-0.15, -0.1) is 11.3 Å². The van der Waals surface area contributed by atoms with Gasteiger partial charge in [0.1, 0.15) is 11.1 Å². The van der Waals surface area contributed by atoms with Crippen LogP contribution in [0.25, 0.3) is 0 Å². The predicted octanol–water partition coefficient (Wildman–Crippen LogP) is 1.70. The smallest absolute Gasteiger partial charge is 0.121 e. The standard InChI is InChI=1S/C8H14N2OS/c1-3-11-6(2)8-10-5-7(4-9)12-8/h5-6H,3-4,9H2,1-2H3. The maximum Gasteiger partial charge on any atom is 0.121 e. The van der Waals surface area contributed by atoms with E-state index in [0.717, 1.165) is 16.5 Å². The average molecular weight is 186 g/mol. The van der Waals surface area contributed by atoms with Crippen LogP contribution in [-0.4, -0.2) is 11.6 Å². The van der Waals surface area contributed by atoms with Crippen LogP contribution in [0.3, 0.4) is 0 Å². The summed E-state index contributed by atoms with van der Waals surface area (Å²) in [7, 11) is 0. The topological polar surface area (TPSA) is 48.1 Å². The Kier molecular flexibility index (Phi) is 3.65. The summed E-state index contributed by atoms with van der Waals surface area (Å²) in [5.41, 5.74) is 5.47. The average Bonchev–Trinajstić information content (AvgIpc) is 2.52. The molecule has 0 spiro atoms. The van der Waals surface area contributed by atoms with Crippen molar-refractivity contribution in [2.24, 2.45) is 5.73 Å². The second-order valence-corrected chi connectivity index (χ2v) is 3.61. The molecular weight excluding hydrogens is 172 g/mol. The van der Waals surface area contributed by atoms with Gasteiger partial charge < -0.3 is 10.5 Å². The molecule has 0 aliphatic heterocycles. The number of nitrogens with two attached hydrogens (primary N) is 1. The van der Waals surface area contributed by atoms with E-state index in [0.29, 0.717) is 6.54 Å². The molecule has 1 heterocycles. The van der Waals surface area contributed by atoms with E-state index >= 15 is 0 Å². The Hall–Kier alpha value is -0.450. The normalized spacial score (nSPS) is 13.2. The minimum absolute atomic E-state index is 0.0975. The summed E-state index contributed by atoms with van der Waals surface area (Å²) >= 11 is 1.62. The van der Waals surface area contributed by atoms with Crippen LogP contribution in [0.15, 0.2) is 6.20 Å². The van der Waals surface area contributed by atoms with E-state index in [1.165, 1.54) is 0 Å². The van der Waals surface area contributed by atoms with Crippen LogP contribution in [0.1, 0.15) is 29.8 Å². The summed E-state index contributed by atoms with van der Waals surface area (Å²) in [5.74, 6) is 0. The van der Waals surface area contributed by atoms with Gasteiger partial charge in [-0.3, -0.25) is 0 Å². The molecule has 0 saturated heterocycles. The molecule has 0 aliphatic carbocycles. The molecule has 1 aromatic heterocycles. The maximum absolute atomic E-state index is 5.47. The molecule has 12 heavy (non-hydrogen) atoms. The SMILES string of the molecule is CCOC(C)c1ncc(CN)s1. The molecular formula is C8H14N2OS. The molecule has 1 rings (SSSR count). The van der Waals surface area contributed by atoms with Crippen LogP contribution in [0.5, 0.6) is 0 Å². The third kappa shape index (κ3) is 2.27. The van der Waals surface area contributed by atoms with Gasteiger partial charge in [-0.05, 0) is 13.8 Å². The van der Waals surface area contributed by atoms with E-state index in [1.807, 2.05) is 20.0 Å². The Morgan fingerprint density at radius 1 is 1.75 bits per heavy atom. The van der Waals surface area contributed by atoms with Crippen molar-refractivity contribution >= 4 is 11.3 Å². The second-order valence-electron chi connectivity index (χ2n) is 2.47. The lowest BCUT2D eigenvalue weighted by molar-refractivity contribution is 0.0762. The van der Waals surface area contributed by atoms with Gasteiger partial charge in [0.2, 0.25) is 0 Å². The number of rotatable bonds is 4. The molecule has 1 aromatic rings. The molecule has 0 fully saturated rings. The van der Waals surface area contributed by atoms with E-state index < -0.39 is 0 Å². The Bertz CT molecular complexity index is 237. The van der Waals surface area contributed by atoms with Gasteiger partial charge in [0.05, 0.1) is 0 Å². The fourth-order valence-electron chi connectivity index (χ4n) is 0.926. The lowest BCUT2D eigenvalue weighted by Gasteiger charge is -2.06. The van der Waals surface area contributed by atoms with Crippen LogP contribution >= 0.6 is 11.3 Å². The molecule has 1 atom stereocenters. The number of thiazole rings is 1. The summed E-state index contributed by atoms with van der Waals surface area (Å²) in [6.07, 6.45) is 1.91. The highest BCUT2D eigenvalue weighted by Crippen LogP contribution is 2.21. The minimum Gasteiger partial charge on any atom is -0.372 e. The monoisotopic (exact) mass is 186 g/mol. The summed E-state index contributed by atoms with van der Waals surface area (Å²) in [4.78, 5) is 5.33. The fourth-order valence-corrected chi connectivity index (χ4v) is 1.72. The minimum atomic E-state index is 0.0975. The zero-order valence-corrected chi connectivity index (χ0v) is 8.23. The first-order chi connectivity index (χ1) is 5.77. The highest BCUT2D eigenvalue weighted by Gasteiger charge is 2.08. The lowest BCUT2D eigenvalue weighted by atomic mass is 10.4. The third-order valence-electron chi connectivity index (χ3n) is 1.54. The van der Waals surface area contributed by atoms with E-state index in [-0.39, 0.29) is 6.10 Å². The van der Waals surface area contributed by atoms with Gasteiger partial charge >= 0.3 is 0 Å². The molecule has 0 saturated carbocycles. The molecule has 0 bridgehead atoms. The van der Waals surface area contributed by atoms with Crippen molar-refractivity contribution in [1.82, 2.24) is 4.98 Å². The molecule has 1 unspecified atom stereocenters. The first-order valence-electron chi connectivity index (χ1n) is 4.04. The zero-order valence-electron chi connectivity index (χ0n) is 7.41. The van der Waals surface area contributed by atoms with Crippen LogP contribution in [0.2, 0.25) is 0 Å². The first kappa shape index (κ1) is 9.64. The van der Waals surface area contributed by atoms with E-state index in [9.17, 15) is 0 Å². The molecule has 4 heteroatoms. The van der Waals surface area contributed by atoms with Gasteiger partial charge in [0.15, 0.2) is 0 Å². The summed E-state index contributed by atoms with van der Waals surface area (Å²) in [6.45, 7) is 5.27. The van der Waals surface area contributed by atoms with Crippen LogP contribution in [0, 0.1) is 0 Å².